The van der Waals surface area contributed by atoms with Crippen molar-refractivity contribution in [2.45, 2.75) is 64.5 Å². The average molecular weight is 220 g/mol. The van der Waals surface area contributed by atoms with Gasteiger partial charge in [-0.2, -0.15) is 13.2 Å². The van der Waals surface area contributed by atoms with E-state index in [-0.39, 0.29) is 0 Å². The molecule has 0 radical (unpaired) electrons. The van der Waals surface area contributed by atoms with Crippen molar-refractivity contribution in [3.8, 4) is 11.8 Å². The normalized spacial score (nSPS) is 10.9. The monoisotopic (exact) mass is 220 g/mol. The van der Waals surface area contributed by atoms with E-state index in [0.29, 0.717) is 6.42 Å². The van der Waals surface area contributed by atoms with E-state index in [2.05, 4.69) is 12.8 Å². The van der Waals surface area contributed by atoms with E-state index in [1.165, 1.54) is 31.6 Å². The Kier molecular flexibility index (Phi) is 8.27. The van der Waals surface area contributed by atoms with Gasteiger partial charge in [0.2, 0.25) is 0 Å². The second kappa shape index (κ2) is 8.64. The highest BCUT2D eigenvalue weighted by molar-refractivity contribution is 5.04. The summed E-state index contributed by atoms with van der Waals surface area (Å²) in [6, 6.07) is 0. The summed E-state index contributed by atoms with van der Waals surface area (Å²) in [7, 11) is 0. The summed E-state index contributed by atoms with van der Waals surface area (Å²) in [4.78, 5) is 0. The van der Waals surface area contributed by atoms with Crippen molar-refractivity contribution in [1.29, 1.82) is 0 Å². The molecular formula is C12H19F3. The molecule has 3 heteroatoms. The summed E-state index contributed by atoms with van der Waals surface area (Å²) in [5, 5.41) is 0. The van der Waals surface area contributed by atoms with Gasteiger partial charge in [0.1, 0.15) is 0 Å². The minimum Gasteiger partial charge on any atom is -0.159 e. The van der Waals surface area contributed by atoms with Gasteiger partial charge in [-0.15, -0.1) is 0 Å². The second-order valence-corrected chi connectivity index (χ2v) is 3.67. The Morgan fingerprint density at radius 1 is 0.867 bits per heavy atom. The molecule has 0 aliphatic rings. The minimum absolute atomic E-state index is 0.368. The van der Waals surface area contributed by atoms with E-state index in [4.69, 9.17) is 0 Å². The van der Waals surface area contributed by atoms with Crippen LogP contribution < -0.4 is 0 Å². The van der Waals surface area contributed by atoms with Crippen LogP contribution in [-0.4, -0.2) is 6.18 Å². The van der Waals surface area contributed by atoms with Crippen LogP contribution in [0, 0.1) is 11.8 Å². The van der Waals surface area contributed by atoms with Crippen molar-refractivity contribution in [2.24, 2.45) is 0 Å². The Morgan fingerprint density at radius 3 is 1.93 bits per heavy atom. The molecule has 0 aromatic rings. The first kappa shape index (κ1) is 14.3. The first-order chi connectivity index (χ1) is 7.06. The van der Waals surface area contributed by atoms with Crippen LogP contribution in [0.25, 0.3) is 0 Å². The average Bonchev–Trinajstić information content (AvgIpc) is 2.14. The minimum atomic E-state index is -4.32. The molecule has 0 nitrogen and oxygen atoms in total. The zero-order chi connectivity index (χ0) is 11.6. The van der Waals surface area contributed by atoms with Crippen LogP contribution in [0.3, 0.4) is 0 Å². The lowest BCUT2D eigenvalue weighted by Crippen LogP contribution is -2.01. The molecule has 15 heavy (non-hydrogen) atoms. The molecule has 0 aromatic heterocycles. The molecule has 88 valence electrons. The van der Waals surface area contributed by atoms with Crippen LogP contribution in [0.15, 0.2) is 0 Å². The van der Waals surface area contributed by atoms with Crippen molar-refractivity contribution in [3.63, 3.8) is 0 Å². The third kappa shape index (κ3) is 13.3. The fourth-order valence-corrected chi connectivity index (χ4v) is 1.33. The number of hydrogen-bond donors (Lipinski definition) is 0. The van der Waals surface area contributed by atoms with E-state index >= 15 is 0 Å². The summed E-state index contributed by atoms with van der Waals surface area (Å²) >= 11 is 0. The van der Waals surface area contributed by atoms with E-state index in [9.17, 15) is 13.2 Å². The first-order valence-corrected chi connectivity index (χ1v) is 5.63. The van der Waals surface area contributed by atoms with Gasteiger partial charge in [-0.1, -0.05) is 51.4 Å². The van der Waals surface area contributed by atoms with E-state index < -0.39 is 6.18 Å². The van der Waals surface area contributed by atoms with Crippen molar-refractivity contribution in [2.75, 3.05) is 0 Å². The molecule has 0 fully saturated rings. The fourth-order valence-electron chi connectivity index (χ4n) is 1.33. The van der Waals surface area contributed by atoms with Gasteiger partial charge in [-0.3, -0.25) is 0 Å². The third-order valence-electron chi connectivity index (χ3n) is 2.14. The molecule has 0 amide bonds. The Bertz CT molecular complexity index is 195. The van der Waals surface area contributed by atoms with Gasteiger partial charge in [-0.05, 0) is 6.42 Å². The van der Waals surface area contributed by atoms with Crippen LogP contribution in [0.1, 0.15) is 58.3 Å². The summed E-state index contributed by atoms with van der Waals surface area (Å²) in [5.74, 6) is 3.44. The number of rotatable bonds is 7. The van der Waals surface area contributed by atoms with Gasteiger partial charge in [0.25, 0.3) is 0 Å². The van der Waals surface area contributed by atoms with Crippen LogP contribution >= 0.6 is 0 Å². The lowest BCUT2D eigenvalue weighted by molar-refractivity contribution is -0.0697. The Hall–Kier alpha value is -0.650. The maximum atomic E-state index is 11.6. The van der Waals surface area contributed by atoms with Gasteiger partial charge in [0, 0.05) is 12.3 Å². The number of alkyl halides is 3. The molecule has 0 aliphatic carbocycles. The highest BCUT2D eigenvalue weighted by atomic mass is 19.4. The first-order valence-electron chi connectivity index (χ1n) is 5.63. The molecule has 0 N–H and O–H groups in total. The third-order valence-corrected chi connectivity index (χ3v) is 2.14. The molecule has 0 spiro atoms. The van der Waals surface area contributed by atoms with Crippen molar-refractivity contribution >= 4 is 0 Å². The molecule has 0 bridgehead atoms. The SMILES string of the molecule is CCCCCCCCCC#CC(F)(F)F. The molecular weight excluding hydrogens is 201 g/mol. The number of halogens is 3. The number of unbranched alkanes of at least 4 members (excludes halogenated alkanes) is 7. The van der Waals surface area contributed by atoms with Gasteiger partial charge < -0.3 is 0 Å². The standard InChI is InChI=1S/C12H19F3/c1-2-3-4-5-6-7-8-9-10-11-12(13,14)15/h2-9H2,1H3. The fraction of sp³-hybridized carbons (Fsp3) is 0.833. The van der Waals surface area contributed by atoms with E-state index in [1.54, 1.807) is 0 Å². The Morgan fingerprint density at radius 2 is 1.40 bits per heavy atom. The Balaban J connectivity index is 3.21. The van der Waals surface area contributed by atoms with Crippen molar-refractivity contribution in [1.82, 2.24) is 0 Å². The lowest BCUT2D eigenvalue weighted by Gasteiger charge is -1.98. The molecule has 0 saturated heterocycles. The molecule has 0 saturated carbocycles. The van der Waals surface area contributed by atoms with Crippen LogP contribution in [0.4, 0.5) is 13.2 Å². The van der Waals surface area contributed by atoms with Gasteiger partial charge >= 0.3 is 6.18 Å². The summed E-state index contributed by atoms with van der Waals surface area (Å²) < 4.78 is 34.8. The van der Waals surface area contributed by atoms with Crippen molar-refractivity contribution < 1.29 is 13.2 Å². The largest absolute Gasteiger partial charge is 0.457 e. The molecule has 0 rings (SSSR count). The van der Waals surface area contributed by atoms with Gasteiger partial charge in [0.05, 0.1) is 0 Å². The predicted octanol–water partition coefficient (Wildman–Crippen LogP) is 4.69. The van der Waals surface area contributed by atoms with Gasteiger partial charge in [0.15, 0.2) is 0 Å². The smallest absolute Gasteiger partial charge is 0.159 e. The molecule has 0 heterocycles. The van der Waals surface area contributed by atoms with Crippen LogP contribution in [0.5, 0.6) is 0 Å². The summed E-state index contributed by atoms with van der Waals surface area (Å²) in [5.41, 5.74) is 0. The summed E-state index contributed by atoms with van der Waals surface area (Å²) in [6.07, 6.45) is 3.86. The highest BCUT2D eigenvalue weighted by Gasteiger charge is 2.22. The molecule has 0 aromatic carbocycles. The maximum absolute atomic E-state index is 11.6. The van der Waals surface area contributed by atoms with Crippen LogP contribution in [-0.2, 0) is 0 Å². The van der Waals surface area contributed by atoms with Crippen molar-refractivity contribution in [3.05, 3.63) is 0 Å². The van der Waals surface area contributed by atoms with E-state index in [1.807, 2.05) is 0 Å². The predicted molar refractivity (Wildman–Crippen MR) is 56.4 cm³/mol. The molecule has 0 aliphatic heterocycles. The summed E-state index contributed by atoms with van der Waals surface area (Å²) in [6.45, 7) is 2.16. The topological polar surface area (TPSA) is 0 Å². The number of hydrogen-bond acceptors (Lipinski definition) is 0. The zero-order valence-corrected chi connectivity index (χ0v) is 9.29. The quantitative estimate of drug-likeness (QED) is 0.431. The maximum Gasteiger partial charge on any atom is 0.457 e. The molecule has 0 atom stereocenters. The highest BCUT2D eigenvalue weighted by Crippen LogP contribution is 2.12. The lowest BCUT2D eigenvalue weighted by atomic mass is 10.1. The second-order valence-electron chi connectivity index (χ2n) is 3.67. The zero-order valence-electron chi connectivity index (χ0n) is 9.29. The van der Waals surface area contributed by atoms with E-state index in [0.717, 1.165) is 19.3 Å². The Labute approximate surface area is 90.2 Å². The molecule has 0 unspecified atom stereocenters. The van der Waals surface area contributed by atoms with Gasteiger partial charge in [-0.25, -0.2) is 0 Å². The van der Waals surface area contributed by atoms with Crippen LogP contribution in [0.2, 0.25) is 0 Å².